The minimum atomic E-state index is -4.99. The van der Waals surface area contributed by atoms with E-state index >= 15 is 0 Å². The zero-order chi connectivity index (χ0) is 73.2. The predicted octanol–water partition coefficient (Wildman–Crippen LogP) is 22.6. The number of rotatable bonds is 73. The van der Waals surface area contributed by atoms with E-state index in [0.717, 1.165) is 173 Å². The van der Waals surface area contributed by atoms with Gasteiger partial charge in [0.15, 0.2) is 12.2 Å². The van der Waals surface area contributed by atoms with Crippen LogP contribution in [0.3, 0.4) is 0 Å². The van der Waals surface area contributed by atoms with E-state index in [4.69, 9.17) is 37.0 Å². The molecule has 0 aliphatic heterocycles. The summed E-state index contributed by atoms with van der Waals surface area (Å²) < 4.78 is 68.5. The fourth-order valence-electron chi connectivity index (χ4n) is 10.3. The van der Waals surface area contributed by atoms with Crippen molar-refractivity contribution in [3.05, 3.63) is 109 Å². The lowest BCUT2D eigenvalue weighted by Gasteiger charge is -2.21. The molecule has 0 aromatic heterocycles. The highest BCUT2D eigenvalue weighted by molar-refractivity contribution is 7.47. The van der Waals surface area contributed by atoms with Gasteiger partial charge in [0.2, 0.25) is 0 Å². The van der Waals surface area contributed by atoms with Gasteiger partial charge in [-0.05, 0) is 122 Å². The van der Waals surface area contributed by atoms with Crippen LogP contribution in [0.4, 0.5) is 0 Å². The summed E-state index contributed by atoms with van der Waals surface area (Å²) in [5.74, 6) is -2.23. The number of hydrogen-bond donors (Lipinski definition) is 3. The molecule has 100 heavy (non-hydrogen) atoms. The lowest BCUT2D eigenvalue weighted by atomic mass is 10.0. The summed E-state index contributed by atoms with van der Waals surface area (Å²) in [6, 6.07) is 0. The smallest absolute Gasteiger partial charge is 0.462 e. The topological polar surface area (TPSA) is 237 Å². The third-order valence-corrected chi connectivity index (χ3v) is 18.1. The van der Waals surface area contributed by atoms with Gasteiger partial charge in [0.1, 0.15) is 19.3 Å². The quantitative estimate of drug-likeness (QED) is 0.0169. The van der Waals surface area contributed by atoms with Crippen LogP contribution in [-0.4, -0.2) is 96.7 Å². The molecular weight excluding hydrogens is 1310 g/mol. The number of carbonyl (C=O) groups is 4. The molecule has 0 aromatic rings. The summed E-state index contributed by atoms with van der Waals surface area (Å²) in [6.45, 7) is 4.59. The Kier molecular flexibility index (Phi) is 69.9. The van der Waals surface area contributed by atoms with Crippen LogP contribution in [0.2, 0.25) is 0 Å². The first-order chi connectivity index (χ1) is 48.7. The number of esters is 4. The van der Waals surface area contributed by atoms with E-state index in [1.165, 1.54) is 70.6 Å². The molecule has 0 aliphatic rings. The van der Waals surface area contributed by atoms with Crippen LogP contribution < -0.4 is 0 Å². The molecule has 576 valence electrons. The zero-order valence-electron chi connectivity index (χ0n) is 62.8. The first-order valence-electron chi connectivity index (χ1n) is 39.1. The molecule has 0 spiro atoms. The van der Waals surface area contributed by atoms with Crippen molar-refractivity contribution in [3.63, 3.8) is 0 Å². The maximum Gasteiger partial charge on any atom is 0.472 e. The van der Waals surface area contributed by atoms with Crippen LogP contribution in [0.15, 0.2) is 109 Å². The summed E-state index contributed by atoms with van der Waals surface area (Å²) in [7, 11) is -9.97. The Bertz CT molecular complexity index is 2320. The molecule has 5 unspecified atom stereocenters. The van der Waals surface area contributed by atoms with Crippen molar-refractivity contribution in [2.24, 2.45) is 0 Å². The van der Waals surface area contributed by atoms with Crippen molar-refractivity contribution in [2.45, 2.75) is 341 Å². The van der Waals surface area contributed by atoms with Gasteiger partial charge < -0.3 is 33.8 Å². The molecule has 0 heterocycles. The lowest BCUT2D eigenvalue weighted by molar-refractivity contribution is -0.161. The van der Waals surface area contributed by atoms with Gasteiger partial charge in [0.25, 0.3) is 0 Å². The molecule has 0 saturated carbocycles. The second kappa shape index (κ2) is 73.0. The average Bonchev–Trinajstić information content (AvgIpc) is 0.935. The summed E-state index contributed by atoms with van der Waals surface area (Å²) in [5, 5.41) is 10.6. The van der Waals surface area contributed by atoms with Crippen molar-refractivity contribution in [1.82, 2.24) is 0 Å². The average molecular weight is 1450 g/mol. The molecule has 17 nitrogen and oxygen atoms in total. The Hall–Kier alpha value is -4.28. The number of allylic oxidation sites excluding steroid dienone is 18. The van der Waals surface area contributed by atoms with Crippen LogP contribution >= 0.6 is 15.6 Å². The van der Waals surface area contributed by atoms with Crippen molar-refractivity contribution >= 4 is 39.5 Å². The Morgan fingerprint density at radius 1 is 0.290 bits per heavy atom. The van der Waals surface area contributed by atoms with E-state index in [1.807, 2.05) is 0 Å². The van der Waals surface area contributed by atoms with Crippen molar-refractivity contribution < 1.29 is 80.2 Å². The van der Waals surface area contributed by atoms with E-state index in [-0.39, 0.29) is 25.7 Å². The van der Waals surface area contributed by atoms with Gasteiger partial charge in [-0.2, -0.15) is 0 Å². The SMILES string of the molecule is CC/C=C\C/C=C\C/C=C\C/C=C\C/C=C\CCCCCC(=O)OCC(COP(=O)(O)OCC(O)COP(=O)(O)OCC(COC(=O)CCCCCCCCCCCCCCCCC)OC(=O)CCCCCCC/C=C\C/C=C\CCC)OC(=O)CCCCCCC/C=C\C/C=C\CCC. The van der Waals surface area contributed by atoms with Crippen LogP contribution in [-0.2, 0) is 65.4 Å². The number of phosphoric ester groups is 2. The molecular formula is C81H140O17P2. The fourth-order valence-corrected chi connectivity index (χ4v) is 11.8. The lowest BCUT2D eigenvalue weighted by Crippen LogP contribution is -2.30. The normalized spacial score (nSPS) is 14.5. The minimum Gasteiger partial charge on any atom is -0.462 e. The number of aliphatic hydroxyl groups is 1. The van der Waals surface area contributed by atoms with Crippen LogP contribution in [0.25, 0.3) is 0 Å². The number of hydrogen-bond acceptors (Lipinski definition) is 15. The molecule has 19 heteroatoms. The Morgan fingerprint density at radius 2 is 0.540 bits per heavy atom. The largest absolute Gasteiger partial charge is 0.472 e. The van der Waals surface area contributed by atoms with Crippen molar-refractivity contribution in [3.8, 4) is 0 Å². The highest BCUT2D eigenvalue weighted by Gasteiger charge is 2.30. The van der Waals surface area contributed by atoms with Crippen molar-refractivity contribution in [2.75, 3.05) is 39.6 Å². The fraction of sp³-hybridized carbons (Fsp3) is 0.728. The molecule has 5 atom stereocenters. The van der Waals surface area contributed by atoms with E-state index in [1.54, 1.807) is 0 Å². The first kappa shape index (κ1) is 95.7. The number of unbranched alkanes of at least 4 members (excludes halogenated alkanes) is 29. The highest BCUT2D eigenvalue weighted by atomic mass is 31.2. The molecule has 0 amide bonds. The van der Waals surface area contributed by atoms with Gasteiger partial charge in [-0.1, -0.05) is 285 Å². The van der Waals surface area contributed by atoms with E-state index in [0.29, 0.717) is 25.7 Å². The Labute approximate surface area is 607 Å². The molecule has 3 N–H and O–H groups in total. The van der Waals surface area contributed by atoms with Gasteiger partial charge in [-0.25, -0.2) is 9.13 Å². The minimum absolute atomic E-state index is 0.0695. The molecule has 0 aliphatic carbocycles. The number of ether oxygens (including phenoxy) is 4. The first-order valence-corrected chi connectivity index (χ1v) is 42.1. The number of carbonyl (C=O) groups excluding carboxylic acids is 4. The van der Waals surface area contributed by atoms with Crippen molar-refractivity contribution in [1.29, 1.82) is 0 Å². The Balaban J connectivity index is 5.36. The molecule has 0 fully saturated rings. The number of aliphatic hydroxyl groups excluding tert-OH is 1. The monoisotopic (exact) mass is 1450 g/mol. The van der Waals surface area contributed by atoms with Gasteiger partial charge >= 0.3 is 39.5 Å². The number of phosphoric acid groups is 2. The molecule has 0 rings (SSSR count). The summed E-state index contributed by atoms with van der Waals surface area (Å²) in [5.41, 5.74) is 0. The highest BCUT2D eigenvalue weighted by Crippen LogP contribution is 2.45. The maximum atomic E-state index is 13.1. The summed E-state index contributed by atoms with van der Waals surface area (Å²) in [4.78, 5) is 72.9. The zero-order valence-corrected chi connectivity index (χ0v) is 64.6. The second-order valence-corrected chi connectivity index (χ2v) is 28.8. The molecule has 0 saturated heterocycles. The predicted molar refractivity (Wildman–Crippen MR) is 408 cm³/mol. The van der Waals surface area contributed by atoms with E-state index in [9.17, 15) is 43.2 Å². The third kappa shape index (κ3) is 72.1. The van der Waals surface area contributed by atoms with Gasteiger partial charge in [0, 0.05) is 25.7 Å². The van der Waals surface area contributed by atoms with E-state index in [2.05, 4.69) is 137 Å². The van der Waals surface area contributed by atoms with Gasteiger partial charge in [-0.3, -0.25) is 37.3 Å². The maximum absolute atomic E-state index is 13.1. The summed E-state index contributed by atoms with van der Waals surface area (Å²) in [6.07, 6.45) is 77.9. The third-order valence-electron chi connectivity index (χ3n) is 16.2. The van der Waals surface area contributed by atoms with Crippen LogP contribution in [0, 0.1) is 0 Å². The summed E-state index contributed by atoms with van der Waals surface area (Å²) >= 11 is 0. The Morgan fingerprint density at radius 3 is 0.850 bits per heavy atom. The standard InChI is InChI=1S/C81H140O17P2/c1-5-9-13-17-21-25-29-33-35-36-37-38-40-44-46-50-54-58-62-66-79(84)92-72-77(98-81(86)68-64-60-56-52-48-42-32-28-24-20-16-12-8-4)74-96-100(89,90)94-70-75(82)69-93-99(87,88)95-73-76(97-80(85)67-63-59-55-51-47-41-31-27-23-19-15-11-7-3)71-91-78(83)65-61-57-53-49-45-43-39-34-30-26-22-18-14-10-6-2/h9,13,15-16,19-21,25,27-28,31-33,35,37-38,44,46,75-77,82H,5-8,10-12,14,17-18,22-24,26,29-30,34,36,39-43,45,47-74H2,1-4H3,(H,87,88)(H,89,90)/b13-9-,19-15-,20-16-,25-21-,31-27-,32-28-,35-33-,38-37-,46-44-. The van der Waals surface area contributed by atoms with Gasteiger partial charge in [-0.15, -0.1) is 0 Å². The molecule has 0 bridgehead atoms. The molecule has 0 aromatic carbocycles. The van der Waals surface area contributed by atoms with Gasteiger partial charge in [0.05, 0.1) is 26.4 Å². The van der Waals surface area contributed by atoms with Crippen LogP contribution in [0.5, 0.6) is 0 Å². The van der Waals surface area contributed by atoms with E-state index < -0.39 is 97.5 Å². The van der Waals surface area contributed by atoms with Crippen LogP contribution in [0.1, 0.15) is 323 Å². The molecule has 0 radical (unpaired) electrons. The second-order valence-electron chi connectivity index (χ2n) is 25.9.